The van der Waals surface area contributed by atoms with Gasteiger partial charge in [-0.3, -0.25) is 4.79 Å². The van der Waals surface area contributed by atoms with Gasteiger partial charge in [-0.05, 0) is 6.92 Å². The minimum atomic E-state index is -1.13. The summed E-state index contributed by atoms with van der Waals surface area (Å²) >= 11 is 0. The number of aliphatic carboxylic acids is 1. The van der Waals surface area contributed by atoms with Gasteiger partial charge in [-0.1, -0.05) is 19.0 Å². The lowest BCUT2D eigenvalue weighted by Crippen LogP contribution is -2.38. The lowest BCUT2D eigenvalue weighted by molar-refractivity contribution is -0.148. The summed E-state index contributed by atoms with van der Waals surface area (Å²) in [5.41, 5.74) is 0.834. The van der Waals surface area contributed by atoms with Gasteiger partial charge in [0.2, 0.25) is 0 Å². The van der Waals surface area contributed by atoms with Crippen molar-refractivity contribution in [3.8, 4) is 0 Å². The summed E-state index contributed by atoms with van der Waals surface area (Å²) in [4.78, 5) is 22.8. The third-order valence-corrected chi connectivity index (χ3v) is 2.65. The van der Waals surface area contributed by atoms with Crippen LogP contribution in [0.4, 0.5) is 0 Å². The van der Waals surface area contributed by atoms with Gasteiger partial charge >= 0.3 is 5.97 Å². The van der Waals surface area contributed by atoms with E-state index in [-0.39, 0.29) is 12.5 Å². The van der Waals surface area contributed by atoms with Gasteiger partial charge in [0.15, 0.2) is 11.9 Å². The lowest BCUT2D eigenvalue weighted by Gasteiger charge is -2.12. The third kappa shape index (κ3) is 3.54. The molecule has 0 aromatic carbocycles. The van der Waals surface area contributed by atoms with E-state index in [0.29, 0.717) is 17.0 Å². The van der Waals surface area contributed by atoms with Crippen LogP contribution in [-0.2, 0) is 9.53 Å². The smallest absolute Gasteiger partial charge is 0.334 e. The van der Waals surface area contributed by atoms with Crippen LogP contribution in [0.5, 0.6) is 0 Å². The van der Waals surface area contributed by atoms with Crippen molar-refractivity contribution in [1.29, 1.82) is 0 Å². The molecule has 0 spiro atoms. The number of carboxylic acids is 1. The Hall–Kier alpha value is -1.89. The zero-order chi connectivity index (χ0) is 14.6. The summed E-state index contributed by atoms with van der Waals surface area (Å²) in [5, 5.41) is 15.1. The Morgan fingerprint density at radius 3 is 2.58 bits per heavy atom. The molecule has 0 aliphatic carbocycles. The highest BCUT2D eigenvalue weighted by Gasteiger charge is 2.24. The van der Waals surface area contributed by atoms with E-state index in [1.54, 1.807) is 6.92 Å². The molecule has 0 radical (unpaired) electrons. The minimum Gasteiger partial charge on any atom is -0.479 e. The molecule has 0 saturated carbocycles. The normalized spacial score (nSPS) is 12.5. The Balaban J connectivity index is 2.79. The molecule has 2 N–H and O–H groups in total. The van der Waals surface area contributed by atoms with Crippen molar-refractivity contribution < 1.29 is 24.0 Å². The summed E-state index contributed by atoms with van der Waals surface area (Å²) < 4.78 is 9.83. The number of amides is 1. The fraction of sp³-hybridized carbons (Fsp3) is 0.583. The Labute approximate surface area is 110 Å². The maximum atomic E-state index is 12.0. The predicted octanol–water partition coefficient (Wildman–Crippen LogP) is 0.936. The molecule has 1 unspecified atom stereocenters. The molecule has 1 aromatic rings. The number of carbonyl (C=O) groups excluding carboxylic acids is 1. The number of methoxy groups -OCH3 is 1. The number of nitrogens with zero attached hydrogens (tertiary/aromatic N) is 1. The number of aryl methyl sites for hydroxylation is 1. The summed E-state index contributed by atoms with van der Waals surface area (Å²) in [6.45, 7) is 5.31. The molecule has 1 heterocycles. The lowest BCUT2D eigenvalue weighted by atomic mass is 10.0. The second kappa shape index (κ2) is 6.33. The fourth-order valence-corrected chi connectivity index (χ4v) is 1.60. The van der Waals surface area contributed by atoms with Crippen LogP contribution in [0.2, 0.25) is 0 Å². The molecule has 7 heteroatoms. The molecule has 0 saturated heterocycles. The Morgan fingerprint density at radius 1 is 1.47 bits per heavy atom. The molecular formula is C12H18N2O5. The van der Waals surface area contributed by atoms with Crippen LogP contribution in [0.15, 0.2) is 4.52 Å². The van der Waals surface area contributed by atoms with Crippen LogP contribution in [0.1, 0.15) is 41.6 Å². The zero-order valence-corrected chi connectivity index (χ0v) is 11.4. The number of hydrogen-bond donors (Lipinski definition) is 2. The molecule has 1 aromatic heterocycles. The van der Waals surface area contributed by atoms with E-state index in [9.17, 15) is 9.59 Å². The van der Waals surface area contributed by atoms with Gasteiger partial charge in [-0.25, -0.2) is 4.79 Å². The second-order valence-electron chi connectivity index (χ2n) is 4.43. The highest BCUT2D eigenvalue weighted by molar-refractivity contribution is 5.96. The highest BCUT2D eigenvalue weighted by Crippen LogP contribution is 2.21. The first kappa shape index (κ1) is 15.2. The van der Waals surface area contributed by atoms with Gasteiger partial charge in [-0.15, -0.1) is 0 Å². The van der Waals surface area contributed by atoms with Crippen LogP contribution < -0.4 is 5.32 Å². The molecule has 0 aliphatic heterocycles. The number of ether oxygens (including phenoxy) is 1. The van der Waals surface area contributed by atoms with E-state index in [4.69, 9.17) is 14.4 Å². The van der Waals surface area contributed by atoms with Crippen molar-refractivity contribution >= 4 is 11.9 Å². The molecule has 0 fully saturated rings. The first-order chi connectivity index (χ1) is 8.88. The van der Waals surface area contributed by atoms with Gasteiger partial charge in [0.05, 0.1) is 12.2 Å². The SMILES string of the molecule is COC(CNC(=O)c1c(C)noc1C(C)C)C(=O)O. The Kier molecular flexibility index (Phi) is 5.05. The Bertz CT molecular complexity index is 467. The van der Waals surface area contributed by atoms with Crippen molar-refractivity contribution in [2.75, 3.05) is 13.7 Å². The topological polar surface area (TPSA) is 102 Å². The van der Waals surface area contributed by atoms with Crippen LogP contribution >= 0.6 is 0 Å². The fourth-order valence-electron chi connectivity index (χ4n) is 1.60. The predicted molar refractivity (Wildman–Crippen MR) is 66.1 cm³/mol. The molecule has 1 rings (SSSR count). The quantitative estimate of drug-likeness (QED) is 0.797. The first-order valence-electron chi connectivity index (χ1n) is 5.88. The molecule has 106 valence electrons. The average Bonchev–Trinajstić information content (AvgIpc) is 2.71. The standard InChI is InChI=1S/C12H18N2O5/c1-6(2)10-9(7(3)14-19-10)11(15)13-5-8(18-4)12(16)17/h6,8H,5H2,1-4H3,(H,13,15)(H,16,17). The van der Waals surface area contributed by atoms with Gasteiger partial charge in [-0.2, -0.15) is 0 Å². The minimum absolute atomic E-state index is 0.0136. The molecular weight excluding hydrogens is 252 g/mol. The van der Waals surface area contributed by atoms with Crippen molar-refractivity contribution in [1.82, 2.24) is 10.5 Å². The maximum absolute atomic E-state index is 12.0. The van der Waals surface area contributed by atoms with Crippen LogP contribution in [0.25, 0.3) is 0 Å². The van der Waals surface area contributed by atoms with Crippen molar-refractivity contribution in [2.45, 2.75) is 32.8 Å². The summed E-state index contributed by atoms with van der Waals surface area (Å²) in [6, 6.07) is 0. The molecule has 0 aliphatic rings. The number of carboxylic acid groups (broad SMARTS) is 1. The van der Waals surface area contributed by atoms with Gasteiger partial charge in [0.25, 0.3) is 5.91 Å². The van der Waals surface area contributed by atoms with E-state index < -0.39 is 18.0 Å². The molecule has 19 heavy (non-hydrogen) atoms. The largest absolute Gasteiger partial charge is 0.479 e. The van der Waals surface area contributed by atoms with Gasteiger partial charge < -0.3 is 19.7 Å². The molecule has 0 bridgehead atoms. The average molecular weight is 270 g/mol. The highest BCUT2D eigenvalue weighted by atomic mass is 16.5. The summed E-state index contributed by atoms with van der Waals surface area (Å²) in [5.74, 6) is -1.04. The third-order valence-electron chi connectivity index (χ3n) is 2.65. The maximum Gasteiger partial charge on any atom is 0.334 e. The van der Waals surface area contributed by atoms with E-state index in [0.717, 1.165) is 0 Å². The van der Waals surface area contributed by atoms with Gasteiger partial charge in [0, 0.05) is 13.0 Å². The Morgan fingerprint density at radius 2 is 2.11 bits per heavy atom. The summed E-state index contributed by atoms with van der Waals surface area (Å²) in [7, 11) is 1.27. The van der Waals surface area contributed by atoms with E-state index >= 15 is 0 Å². The van der Waals surface area contributed by atoms with Crippen molar-refractivity contribution in [3.05, 3.63) is 17.0 Å². The first-order valence-corrected chi connectivity index (χ1v) is 5.88. The number of nitrogens with one attached hydrogen (secondary N) is 1. The van der Waals surface area contributed by atoms with Crippen LogP contribution in [0.3, 0.4) is 0 Å². The monoisotopic (exact) mass is 270 g/mol. The number of carbonyl (C=O) groups is 2. The number of aromatic nitrogens is 1. The summed E-state index contributed by atoms with van der Waals surface area (Å²) in [6.07, 6.45) is -1.08. The van der Waals surface area contributed by atoms with Gasteiger partial charge in [0.1, 0.15) is 5.56 Å². The molecule has 1 atom stereocenters. The molecule has 1 amide bonds. The molecule has 7 nitrogen and oxygen atoms in total. The zero-order valence-electron chi connectivity index (χ0n) is 11.4. The van der Waals surface area contributed by atoms with E-state index in [1.165, 1.54) is 7.11 Å². The number of rotatable bonds is 6. The second-order valence-corrected chi connectivity index (χ2v) is 4.43. The number of hydrogen-bond acceptors (Lipinski definition) is 5. The van der Waals surface area contributed by atoms with Crippen molar-refractivity contribution in [3.63, 3.8) is 0 Å². The van der Waals surface area contributed by atoms with Crippen molar-refractivity contribution in [2.24, 2.45) is 0 Å². The van der Waals surface area contributed by atoms with Crippen LogP contribution in [0, 0.1) is 6.92 Å². The van der Waals surface area contributed by atoms with Crippen LogP contribution in [-0.4, -0.2) is 41.9 Å². The van der Waals surface area contributed by atoms with E-state index in [2.05, 4.69) is 10.5 Å². The van der Waals surface area contributed by atoms with E-state index in [1.807, 2.05) is 13.8 Å².